The van der Waals surface area contributed by atoms with Gasteiger partial charge in [0.2, 0.25) is 0 Å². The zero-order valence-electron chi connectivity index (χ0n) is 12.1. The Bertz CT molecular complexity index is 664. The molecule has 0 aliphatic carbocycles. The van der Waals surface area contributed by atoms with Gasteiger partial charge in [0.25, 0.3) is 5.91 Å². The first-order valence-electron chi connectivity index (χ1n) is 6.66. The molecule has 0 saturated heterocycles. The van der Waals surface area contributed by atoms with E-state index in [0.29, 0.717) is 16.9 Å². The molecule has 0 aliphatic heterocycles. The minimum Gasteiger partial charge on any atom is -0.497 e. The number of methoxy groups -OCH3 is 1. The highest BCUT2D eigenvalue weighted by Gasteiger charge is 2.04. The number of hydrogen-bond donors (Lipinski definition) is 2. The van der Waals surface area contributed by atoms with E-state index in [1.807, 2.05) is 6.07 Å². The molecule has 112 valence electrons. The van der Waals surface area contributed by atoms with Crippen LogP contribution in [0.5, 0.6) is 5.75 Å². The topological polar surface area (TPSA) is 67.4 Å². The highest BCUT2D eigenvalue weighted by molar-refractivity contribution is 6.04. The summed E-state index contributed by atoms with van der Waals surface area (Å²) in [7, 11) is 1.56. The number of carbonyl (C=O) groups is 2. The minimum absolute atomic E-state index is 0.146. The van der Waals surface area contributed by atoms with Crippen LogP contribution < -0.4 is 15.6 Å². The summed E-state index contributed by atoms with van der Waals surface area (Å²) in [5.74, 6) is 0.226. The maximum absolute atomic E-state index is 11.8. The van der Waals surface area contributed by atoms with Gasteiger partial charge in [0.15, 0.2) is 5.78 Å². The van der Waals surface area contributed by atoms with Crippen molar-refractivity contribution in [3.8, 4) is 5.75 Å². The lowest BCUT2D eigenvalue weighted by Crippen LogP contribution is -2.33. The minimum atomic E-state index is -0.306. The number of ketones is 1. The second-order valence-electron chi connectivity index (χ2n) is 4.39. The van der Waals surface area contributed by atoms with Gasteiger partial charge in [0.05, 0.1) is 7.11 Å². The van der Waals surface area contributed by atoms with E-state index >= 15 is 0 Å². The van der Waals surface area contributed by atoms with E-state index in [-0.39, 0.29) is 11.7 Å². The summed E-state index contributed by atoms with van der Waals surface area (Å²) in [6, 6.07) is 15.6. The molecule has 5 nitrogen and oxygen atoms in total. The lowest BCUT2D eigenvalue weighted by Gasteiger charge is -2.05. The van der Waals surface area contributed by atoms with E-state index in [1.54, 1.807) is 55.6 Å². The number of carbonyl (C=O) groups excluding carboxylic acids is 2. The van der Waals surface area contributed by atoms with Gasteiger partial charge in [-0.2, -0.15) is 0 Å². The van der Waals surface area contributed by atoms with E-state index in [1.165, 1.54) is 12.3 Å². The van der Waals surface area contributed by atoms with Crippen molar-refractivity contribution in [2.75, 3.05) is 7.11 Å². The van der Waals surface area contributed by atoms with Gasteiger partial charge in [0, 0.05) is 23.4 Å². The maximum Gasteiger partial charge on any atom is 0.269 e. The first-order chi connectivity index (χ1) is 10.7. The van der Waals surface area contributed by atoms with Crippen LogP contribution in [0.3, 0.4) is 0 Å². The van der Waals surface area contributed by atoms with Crippen molar-refractivity contribution in [1.29, 1.82) is 0 Å². The molecule has 2 aromatic rings. The van der Waals surface area contributed by atoms with Crippen LogP contribution in [0.25, 0.3) is 0 Å². The van der Waals surface area contributed by atoms with E-state index < -0.39 is 0 Å². The Labute approximate surface area is 128 Å². The molecule has 5 heteroatoms. The summed E-state index contributed by atoms with van der Waals surface area (Å²) in [5, 5.41) is 0. The standard InChI is InChI=1S/C17H16N2O3/c1-22-15-9-7-14(8-10-15)17(21)19-18-12-11-16(20)13-5-3-2-4-6-13/h2-12,18H,1H3,(H,19,21)/b12-11+. The van der Waals surface area contributed by atoms with Gasteiger partial charge in [-0.1, -0.05) is 30.3 Å². The Balaban J connectivity index is 1.83. The molecule has 0 saturated carbocycles. The number of hydrazine groups is 1. The first kappa shape index (κ1) is 15.3. The second kappa shape index (κ2) is 7.64. The number of nitrogens with one attached hydrogen (secondary N) is 2. The van der Waals surface area contributed by atoms with Crippen molar-refractivity contribution in [2.24, 2.45) is 0 Å². The van der Waals surface area contributed by atoms with Crippen LogP contribution in [0.1, 0.15) is 20.7 Å². The molecule has 0 atom stereocenters. The molecule has 2 aromatic carbocycles. The van der Waals surface area contributed by atoms with Crippen LogP contribution in [0.15, 0.2) is 66.9 Å². The summed E-state index contributed by atoms with van der Waals surface area (Å²) in [4.78, 5) is 23.6. The smallest absolute Gasteiger partial charge is 0.269 e. The number of rotatable bonds is 6. The third-order valence-corrected chi connectivity index (χ3v) is 2.91. The van der Waals surface area contributed by atoms with E-state index in [0.717, 1.165) is 0 Å². The number of ether oxygens (including phenoxy) is 1. The van der Waals surface area contributed by atoms with Gasteiger partial charge < -0.3 is 10.2 Å². The van der Waals surface area contributed by atoms with Gasteiger partial charge in [-0.3, -0.25) is 15.0 Å². The molecule has 0 aliphatic rings. The summed E-state index contributed by atoms with van der Waals surface area (Å²) in [5.41, 5.74) is 6.12. The maximum atomic E-state index is 11.8. The van der Waals surface area contributed by atoms with Crippen molar-refractivity contribution in [3.63, 3.8) is 0 Å². The van der Waals surface area contributed by atoms with Crippen LogP contribution in [-0.4, -0.2) is 18.8 Å². The lowest BCUT2D eigenvalue weighted by atomic mass is 10.1. The number of hydrogen-bond acceptors (Lipinski definition) is 4. The molecule has 2 N–H and O–H groups in total. The molecule has 0 heterocycles. The van der Waals surface area contributed by atoms with Crippen LogP contribution in [0, 0.1) is 0 Å². The Kier molecular flexibility index (Phi) is 5.31. The molecule has 2 rings (SSSR count). The van der Waals surface area contributed by atoms with Crippen LogP contribution in [0.4, 0.5) is 0 Å². The van der Waals surface area contributed by atoms with Gasteiger partial charge in [-0.05, 0) is 24.3 Å². The fraction of sp³-hybridized carbons (Fsp3) is 0.0588. The van der Waals surface area contributed by atoms with Crippen molar-refractivity contribution in [1.82, 2.24) is 10.9 Å². The fourth-order valence-electron chi connectivity index (χ4n) is 1.74. The van der Waals surface area contributed by atoms with Gasteiger partial charge >= 0.3 is 0 Å². The summed E-state index contributed by atoms with van der Waals surface area (Å²) in [6.07, 6.45) is 2.74. The lowest BCUT2D eigenvalue weighted by molar-refractivity contribution is 0.0939. The normalized spacial score (nSPS) is 10.2. The van der Waals surface area contributed by atoms with Gasteiger partial charge in [0.1, 0.15) is 5.75 Å². The predicted molar refractivity (Wildman–Crippen MR) is 83.5 cm³/mol. The Hall–Kier alpha value is -3.08. The molecule has 0 radical (unpaired) electrons. The molecule has 0 fully saturated rings. The molecule has 0 spiro atoms. The number of amides is 1. The highest BCUT2D eigenvalue weighted by Crippen LogP contribution is 2.10. The average molecular weight is 296 g/mol. The van der Waals surface area contributed by atoms with E-state index in [4.69, 9.17) is 4.74 Å². The molecular formula is C17H16N2O3. The zero-order valence-corrected chi connectivity index (χ0v) is 12.1. The Morgan fingerprint density at radius 2 is 1.64 bits per heavy atom. The van der Waals surface area contributed by atoms with E-state index in [2.05, 4.69) is 10.9 Å². The number of benzene rings is 2. The largest absolute Gasteiger partial charge is 0.497 e. The summed E-state index contributed by atoms with van der Waals surface area (Å²) >= 11 is 0. The molecule has 0 bridgehead atoms. The third kappa shape index (κ3) is 4.21. The number of allylic oxidation sites excluding steroid dienone is 1. The summed E-state index contributed by atoms with van der Waals surface area (Å²) in [6.45, 7) is 0. The molecule has 1 amide bonds. The van der Waals surface area contributed by atoms with Crippen LogP contribution in [-0.2, 0) is 0 Å². The van der Waals surface area contributed by atoms with Gasteiger partial charge in [-0.25, -0.2) is 0 Å². The van der Waals surface area contributed by atoms with Crippen LogP contribution in [0.2, 0.25) is 0 Å². The molecule has 22 heavy (non-hydrogen) atoms. The van der Waals surface area contributed by atoms with Crippen molar-refractivity contribution in [3.05, 3.63) is 78.0 Å². The van der Waals surface area contributed by atoms with Crippen molar-refractivity contribution < 1.29 is 14.3 Å². The van der Waals surface area contributed by atoms with E-state index in [9.17, 15) is 9.59 Å². The predicted octanol–water partition coefficient (Wildman–Crippen LogP) is 2.33. The third-order valence-electron chi connectivity index (χ3n) is 2.91. The molecular weight excluding hydrogens is 280 g/mol. The molecule has 0 unspecified atom stereocenters. The fourth-order valence-corrected chi connectivity index (χ4v) is 1.74. The average Bonchev–Trinajstić information content (AvgIpc) is 2.59. The second-order valence-corrected chi connectivity index (χ2v) is 4.39. The van der Waals surface area contributed by atoms with Crippen LogP contribution >= 0.6 is 0 Å². The quantitative estimate of drug-likeness (QED) is 0.488. The Morgan fingerprint density at radius 3 is 2.27 bits per heavy atom. The zero-order chi connectivity index (χ0) is 15.8. The Morgan fingerprint density at radius 1 is 0.955 bits per heavy atom. The highest BCUT2D eigenvalue weighted by atomic mass is 16.5. The first-order valence-corrected chi connectivity index (χ1v) is 6.66. The molecule has 0 aromatic heterocycles. The monoisotopic (exact) mass is 296 g/mol. The van der Waals surface area contributed by atoms with Crippen molar-refractivity contribution >= 4 is 11.7 Å². The SMILES string of the molecule is COc1ccc(C(=O)NN/C=C/C(=O)c2ccccc2)cc1. The van der Waals surface area contributed by atoms with Crippen molar-refractivity contribution in [2.45, 2.75) is 0 Å². The summed E-state index contributed by atoms with van der Waals surface area (Å²) < 4.78 is 5.02. The van der Waals surface area contributed by atoms with Gasteiger partial charge in [-0.15, -0.1) is 0 Å².